The Labute approximate surface area is 87.3 Å². The van der Waals surface area contributed by atoms with Crippen molar-refractivity contribution in [3.05, 3.63) is 0 Å². The van der Waals surface area contributed by atoms with Crippen molar-refractivity contribution in [2.24, 2.45) is 5.92 Å². The highest BCUT2D eigenvalue weighted by molar-refractivity contribution is 4.97. The summed E-state index contributed by atoms with van der Waals surface area (Å²) >= 11 is 0. The number of hydrogen-bond donors (Lipinski definition) is 1. The summed E-state index contributed by atoms with van der Waals surface area (Å²) in [5.74, 6) is 3.27. The second kappa shape index (κ2) is 4.82. The van der Waals surface area contributed by atoms with Crippen molar-refractivity contribution in [3.63, 3.8) is 0 Å². The number of rotatable bonds is 3. The number of likely N-dealkylation sites (tertiary alicyclic amines) is 1. The predicted octanol–water partition coefficient (Wildman–Crippen LogP) is 1.49. The van der Waals surface area contributed by atoms with Gasteiger partial charge >= 0.3 is 0 Å². The summed E-state index contributed by atoms with van der Waals surface area (Å²) in [5, 5.41) is 10.1. The molecule has 0 aromatic rings. The van der Waals surface area contributed by atoms with Crippen LogP contribution >= 0.6 is 0 Å². The van der Waals surface area contributed by atoms with E-state index in [-0.39, 0.29) is 0 Å². The van der Waals surface area contributed by atoms with Crippen LogP contribution in [0.5, 0.6) is 0 Å². The van der Waals surface area contributed by atoms with Crippen LogP contribution in [0.25, 0.3) is 0 Å². The predicted molar refractivity (Wildman–Crippen MR) is 58.9 cm³/mol. The van der Waals surface area contributed by atoms with Crippen molar-refractivity contribution in [1.82, 2.24) is 4.90 Å². The summed E-state index contributed by atoms with van der Waals surface area (Å²) < 4.78 is 0. The lowest BCUT2D eigenvalue weighted by atomic mass is 9.88. The standard InChI is InChI=1S/C12H21NO/c1-4-5-12(14)6-8-13(9-7-12)10-11(2)3/h1,11,14H,5-10H2,2-3H3. The largest absolute Gasteiger partial charge is 0.389 e. The Hall–Kier alpha value is -0.520. The molecule has 0 aliphatic carbocycles. The molecule has 80 valence electrons. The molecule has 1 N–H and O–H groups in total. The van der Waals surface area contributed by atoms with Gasteiger partial charge in [-0.3, -0.25) is 0 Å². The average molecular weight is 195 g/mol. The molecule has 2 nitrogen and oxygen atoms in total. The lowest BCUT2D eigenvalue weighted by Crippen LogP contribution is -2.45. The summed E-state index contributed by atoms with van der Waals surface area (Å²) in [4.78, 5) is 2.41. The molecule has 1 rings (SSSR count). The van der Waals surface area contributed by atoms with E-state index in [0.29, 0.717) is 12.3 Å². The lowest BCUT2D eigenvalue weighted by Gasteiger charge is -2.37. The van der Waals surface area contributed by atoms with Crippen LogP contribution in [0, 0.1) is 18.3 Å². The van der Waals surface area contributed by atoms with Crippen molar-refractivity contribution in [3.8, 4) is 12.3 Å². The molecule has 0 atom stereocenters. The minimum Gasteiger partial charge on any atom is -0.389 e. The molecule has 0 bridgehead atoms. The molecule has 1 saturated heterocycles. The van der Waals surface area contributed by atoms with Gasteiger partial charge in [0.2, 0.25) is 0 Å². The first-order chi connectivity index (χ1) is 6.56. The second-order valence-corrected chi connectivity index (χ2v) is 4.80. The number of hydrogen-bond acceptors (Lipinski definition) is 2. The van der Waals surface area contributed by atoms with Crippen LogP contribution in [-0.2, 0) is 0 Å². The van der Waals surface area contributed by atoms with Crippen molar-refractivity contribution >= 4 is 0 Å². The minimum atomic E-state index is -0.581. The van der Waals surface area contributed by atoms with Gasteiger partial charge in [0.25, 0.3) is 0 Å². The molecule has 1 heterocycles. The molecule has 0 unspecified atom stereocenters. The topological polar surface area (TPSA) is 23.5 Å². The van der Waals surface area contributed by atoms with Crippen LogP contribution in [0.2, 0.25) is 0 Å². The molecular weight excluding hydrogens is 174 g/mol. The first-order valence-electron chi connectivity index (χ1n) is 5.44. The SMILES string of the molecule is C#CCC1(O)CCN(CC(C)C)CC1. The van der Waals surface area contributed by atoms with Crippen molar-refractivity contribution in [1.29, 1.82) is 0 Å². The average Bonchev–Trinajstić information content (AvgIpc) is 2.09. The molecule has 0 spiro atoms. The third kappa shape index (κ3) is 3.32. The van der Waals surface area contributed by atoms with Crippen LogP contribution < -0.4 is 0 Å². The van der Waals surface area contributed by atoms with Crippen LogP contribution in [-0.4, -0.2) is 35.2 Å². The quantitative estimate of drug-likeness (QED) is 0.690. The van der Waals surface area contributed by atoms with Crippen LogP contribution in [0.15, 0.2) is 0 Å². The van der Waals surface area contributed by atoms with Gasteiger partial charge in [-0.2, -0.15) is 0 Å². The van der Waals surface area contributed by atoms with Gasteiger partial charge in [-0.25, -0.2) is 0 Å². The summed E-state index contributed by atoms with van der Waals surface area (Å²) in [6, 6.07) is 0. The van der Waals surface area contributed by atoms with Gasteiger partial charge in [-0.1, -0.05) is 13.8 Å². The Kier molecular flexibility index (Phi) is 3.97. The van der Waals surface area contributed by atoms with Gasteiger partial charge in [0.1, 0.15) is 0 Å². The molecular formula is C12H21NO. The zero-order chi connectivity index (χ0) is 10.6. The smallest absolute Gasteiger partial charge is 0.0780 e. The highest BCUT2D eigenvalue weighted by Gasteiger charge is 2.31. The lowest BCUT2D eigenvalue weighted by molar-refractivity contribution is -0.0189. The van der Waals surface area contributed by atoms with E-state index in [9.17, 15) is 5.11 Å². The van der Waals surface area contributed by atoms with E-state index >= 15 is 0 Å². The third-order valence-electron chi connectivity index (χ3n) is 2.84. The number of nitrogens with zero attached hydrogens (tertiary/aromatic N) is 1. The van der Waals surface area contributed by atoms with Gasteiger partial charge in [-0.15, -0.1) is 12.3 Å². The van der Waals surface area contributed by atoms with E-state index in [2.05, 4.69) is 24.7 Å². The first-order valence-corrected chi connectivity index (χ1v) is 5.44. The van der Waals surface area contributed by atoms with Crippen LogP contribution in [0.4, 0.5) is 0 Å². The molecule has 0 aromatic heterocycles. The zero-order valence-electron chi connectivity index (χ0n) is 9.29. The van der Waals surface area contributed by atoms with Gasteiger partial charge in [0, 0.05) is 26.1 Å². The van der Waals surface area contributed by atoms with E-state index in [4.69, 9.17) is 6.42 Å². The molecule has 2 heteroatoms. The minimum absolute atomic E-state index is 0.502. The summed E-state index contributed by atoms with van der Waals surface area (Å²) in [5.41, 5.74) is -0.581. The molecule has 1 aliphatic rings. The number of terminal acetylenes is 1. The number of piperidine rings is 1. The summed E-state index contributed by atoms with van der Waals surface area (Å²) in [7, 11) is 0. The zero-order valence-corrected chi connectivity index (χ0v) is 9.29. The van der Waals surface area contributed by atoms with Crippen molar-refractivity contribution in [2.45, 2.75) is 38.7 Å². The van der Waals surface area contributed by atoms with E-state index < -0.39 is 5.60 Å². The van der Waals surface area contributed by atoms with Crippen molar-refractivity contribution in [2.75, 3.05) is 19.6 Å². The van der Waals surface area contributed by atoms with E-state index in [1.54, 1.807) is 0 Å². The Bertz CT molecular complexity index is 209. The van der Waals surface area contributed by atoms with Crippen LogP contribution in [0.1, 0.15) is 33.1 Å². The maximum atomic E-state index is 10.1. The third-order valence-corrected chi connectivity index (χ3v) is 2.84. The molecule has 0 amide bonds. The maximum Gasteiger partial charge on any atom is 0.0780 e. The van der Waals surface area contributed by atoms with Crippen molar-refractivity contribution < 1.29 is 5.11 Å². The van der Waals surface area contributed by atoms with Gasteiger partial charge < -0.3 is 10.0 Å². The van der Waals surface area contributed by atoms with Gasteiger partial charge in [0.15, 0.2) is 0 Å². The fourth-order valence-corrected chi connectivity index (χ4v) is 2.03. The monoisotopic (exact) mass is 195 g/mol. The Balaban J connectivity index is 2.34. The van der Waals surface area contributed by atoms with E-state index in [1.807, 2.05) is 0 Å². The Morgan fingerprint density at radius 2 is 2.00 bits per heavy atom. The molecule has 1 aliphatic heterocycles. The van der Waals surface area contributed by atoms with Crippen LogP contribution in [0.3, 0.4) is 0 Å². The fourth-order valence-electron chi connectivity index (χ4n) is 2.03. The highest BCUT2D eigenvalue weighted by Crippen LogP contribution is 2.25. The maximum absolute atomic E-state index is 10.1. The molecule has 14 heavy (non-hydrogen) atoms. The molecule has 0 radical (unpaired) electrons. The normalized spacial score (nSPS) is 22.2. The van der Waals surface area contributed by atoms with E-state index in [0.717, 1.165) is 32.5 Å². The van der Waals surface area contributed by atoms with Gasteiger partial charge in [-0.05, 0) is 18.8 Å². The molecule has 0 saturated carbocycles. The Morgan fingerprint density at radius 3 is 2.43 bits per heavy atom. The van der Waals surface area contributed by atoms with E-state index in [1.165, 1.54) is 0 Å². The summed E-state index contributed by atoms with van der Waals surface area (Å²) in [6.07, 6.45) is 7.39. The Morgan fingerprint density at radius 1 is 1.43 bits per heavy atom. The molecule has 0 aromatic carbocycles. The highest BCUT2D eigenvalue weighted by atomic mass is 16.3. The summed E-state index contributed by atoms with van der Waals surface area (Å²) in [6.45, 7) is 7.54. The fraction of sp³-hybridized carbons (Fsp3) is 0.833. The molecule has 1 fully saturated rings. The first kappa shape index (κ1) is 11.6. The second-order valence-electron chi connectivity index (χ2n) is 4.80. The van der Waals surface area contributed by atoms with Gasteiger partial charge in [0.05, 0.1) is 5.60 Å². The number of aliphatic hydroxyl groups is 1.